The summed E-state index contributed by atoms with van der Waals surface area (Å²) in [7, 11) is 0. The highest BCUT2D eigenvalue weighted by atomic mass is 16.5. The molecule has 0 bridgehead atoms. The van der Waals surface area contributed by atoms with Gasteiger partial charge in [0.05, 0.1) is 6.61 Å². The molecule has 0 radical (unpaired) electrons. The summed E-state index contributed by atoms with van der Waals surface area (Å²) in [6.07, 6.45) is 4.84. The molecule has 102 valence electrons. The molecule has 2 nitrogen and oxygen atoms in total. The molecule has 0 saturated heterocycles. The van der Waals surface area contributed by atoms with E-state index in [2.05, 4.69) is 44.3 Å². The minimum Gasteiger partial charge on any atom is -0.494 e. The Labute approximate surface area is 112 Å². The zero-order valence-electron chi connectivity index (χ0n) is 12.1. The second-order valence-electron chi connectivity index (χ2n) is 4.98. The number of aryl methyl sites for hydroxylation is 2. The van der Waals surface area contributed by atoms with E-state index in [9.17, 15) is 0 Å². The highest BCUT2D eigenvalue weighted by Crippen LogP contribution is 2.16. The third kappa shape index (κ3) is 6.65. The molecular weight excluding hydrogens is 222 g/mol. The van der Waals surface area contributed by atoms with E-state index >= 15 is 0 Å². The molecule has 0 saturated carbocycles. The van der Waals surface area contributed by atoms with Gasteiger partial charge in [0.2, 0.25) is 0 Å². The molecule has 18 heavy (non-hydrogen) atoms. The number of hydrogen-bond donors (Lipinski definition) is 1. The van der Waals surface area contributed by atoms with E-state index in [1.54, 1.807) is 0 Å². The summed E-state index contributed by atoms with van der Waals surface area (Å²) in [6.45, 7) is 9.52. The van der Waals surface area contributed by atoms with Gasteiger partial charge in [-0.3, -0.25) is 0 Å². The van der Waals surface area contributed by atoms with Gasteiger partial charge in [-0.15, -0.1) is 0 Å². The molecule has 0 aliphatic carbocycles. The molecule has 2 heteroatoms. The van der Waals surface area contributed by atoms with Gasteiger partial charge in [0.1, 0.15) is 5.75 Å². The van der Waals surface area contributed by atoms with Crippen molar-refractivity contribution in [3.8, 4) is 5.75 Å². The summed E-state index contributed by atoms with van der Waals surface area (Å²) in [5, 5.41) is 3.42. The zero-order valence-corrected chi connectivity index (χ0v) is 12.1. The number of nitrogens with one attached hydrogen (secondary N) is 1. The van der Waals surface area contributed by atoms with Gasteiger partial charge in [0.15, 0.2) is 0 Å². The van der Waals surface area contributed by atoms with E-state index in [0.29, 0.717) is 0 Å². The summed E-state index contributed by atoms with van der Waals surface area (Å²) >= 11 is 0. The molecule has 0 amide bonds. The Bertz CT molecular complexity index is 316. The molecule has 0 heterocycles. The predicted octanol–water partition coefficient (Wildman–Crippen LogP) is 3.85. The Morgan fingerprint density at radius 2 is 1.67 bits per heavy atom. The Hall–Kier alpha value is -1.02. The molecule has 0 aliphatic heterocycles. The number of rotatable bonds is 9. The second-order valence-corrected chi connectivity index (χ2v) is 4.98. The third-order valence-electron chi connectivity index (χ3n) is 2.89. The molecule has 0 aromatic heterocycles. The molecular formula is C16H27NO. The van der Waals surface area contributed by atoms with Crippen LogP contribution in [0.15, 0.2) is 18.2 Å². The van der Waals surface area contributed by atoms with E-state index in [0.717, 1.165) is 31.9 Å². The lowest BCUT2D eigenvalue weighted by molar-refractivity contribution is 0.304. The average molecular weight is 249 g/mol. The van der Waals surface area contributed by atoms with Crippen LogP contribution < -0.4 is 10.1 Å². The fourth-order valence-electron chi connectivity index (χ4n) is 2.04. The topological polar surface area (TPSA) is 21.3 Å². The molecule has 0 aliphatic rings. The quantitative estimate of drug-likeness (QED) is 0.671. The lowest BCUT2D eigenvalue weighted by Gasteiger charge is -2.08. The SMILES string of the molecule is CCCNCCCCCOc1cc(C)cc(C)c1. The summed E-state index contributed by atoms with van der Waals surface area (Å²) in [6, 6.07) is 6.39. The van der Waals surface area contributed by atoms with Gasteiger partial charge in [-0.1, -0.05) is 13.0 Å². The van der Waals surface area contributed by atoms with Crippen molar-refractivity contribution in [2.45, 2.75) is 46.5 Å². The maximum absolute atomic E-state index is 5.77. The second kappa shape index (κ2) is 8.98. The molecule has 1 rings (SSSR count). The van der Waals surface area contributed by atoms with Gasteiger partial charge in [-0.05, 0) is 75.9 Å². The Morgan fingerprint density at radius 1 is 0.944 bits per heavy atom. The monoisotopic (exact) mass is 249 g/mol. The van der Waals surface area contributed by atoms with Crippen LogP contribution in [-0.2, 0) is 0 Å². The van der Waals surface area contributed by atoms with Crippen molar-refractivity contribution in [1.29, 1.82) is 0 Å². The molecule has 0 unspecified atom stereocenters. The maximum atomic E-state index is 5.77. The van der Waals surface area contributed by atoms with Crippen LogP contribution in [0.5, 0.6) is 5.75 Å². The van der Waals surface area contributed by atoms with Crippen LogP contribution >= 0.6 is 0 Å². The first-order valence-corrected chi connectivity index (χ1v) is 7.14. The average Bonchev–Trinajstić information content (AvgIpc) is 2.31. The third-order valence-corrected chi connectivity index (χ3v) is 2.89. The number of ether oxygens (including phenoxy) is 1. The molecule has 1 aromatic carbocycles. The molecule has 1 aromatic rings. The highest BCUT2D eigenvalue weighted by molar-refractivity contribution is 5.32. The van der Waals surface area contributed by atoms with Crippen LogP contribution in [0.2, 0.25) is 0 Å². The van der Waals surface area contributed by atoms with Crippen molar-refractivity contribution in [3.05, 3.63) is 29.3 Å². The number of unbranched alkanes of at least 4 members (excludes halogenated alkanes) is 2. The Balaban J connectivity index is 2.07. The van der Waals surface area contributed by atoms with Crippen LogP contribution in [0, 0.1) is 13.8 Å². The first-order valence-electron chi connectivity index (χ1n) is 7.14. The summed E-state index contributed by atoms with van der Waals surface area (Å²) in [5.41, 5.74) is 2.54. The van der Waals surface area contributed by atoms with Gasteiger partial charge in [0.25, 0.3) is 0 Å². The van der Waals surface area contributed by atoms with Gasteiger partial charge in [-0.25, -0.2) is 0 Å². The molecule has 1 N–H and O–H groups in total. The van der Waals surface area contributed by atoms with Crippen molar-refractivity contribution >= 4 is 0 Å². The first kappa shape index (κ1) is 15.0. The standard InChI is InChI=1S/C16H27NO/c1-4-8-17-9-6-5-7-10-18-16-12-14(2)11-15(3)13-16/h11-13,17H,4-10H2,1-3H3. The minimum atomic E-state index is 0.830. The summed E-state index contributed by atoms with van der Waals surface area (Å²) < 4.78 is 5.77. The van der Waals surface area contributed by atoms with Crippen molar-refractivity contribution in [2.75, 3.05) is 19.7 Å². The van der Waals surface area contributed by atoms with Gasteiger partial charge < -0.3 is 10.1 Å². The van der Waals surface area contributed by atoms with Crippen LogP contribution in [0.25, 0.3) is 0 Å². The lowest BCUT2D eigenvalue weighted by atomic mass is 10.1. The normalized spacial score (nSPS) is 10.6. The van der Waals surface area contributed by atoms with Crippen molar-refractivity contribution in [3.63, 3.8) is 0 Å². The van der Waals surface area contributed by atoms with Gasteiger partial charge in [-0.2, -0.15) is 0 Å². The molecule has 0 spiro atoms. The van der Waals surface area contributed by atoms with E-state index in [4.69, 9.17) is 4.74 Å². The number of hydrogen-bond acceptors (Lipinski definition) is 2. The zero-order chi connectivity index (χ0) is 13.2. The molecule has 0 fully saturated rings. The van der Waals surface area contributed by atoms with Crippen molar-refractivity contribution < 1.29 is 4.74 Å². The predicted molar refractivity (Wildman–Crippen MR) is 78.4 cm³/mol. The van der Waals surface area contributed by atoms with Crippen LogP contribution in [0.1, 0.15) is 43.7 Å². The van der Waals surface area contributed by atoms with E-state index < -0.39 is 0 Å². The minimum absolute atomic E-state index is 0.830. The Morgan fingerprint density at radius 3 is 2.33 bits per heavy atom. The van der Waals surface area contributed by atoms with Crippen LogP contribution in [0.3, 0.4) is 0 Å². The van der Waals surface area contributed by atoms with E-state index in [1.165, 1.54) is 30.4 Å². The maximum Gasteiger partial charge on any atom is 0.119 e. The fraction of sp³-hybridized carbons (Fsp3) is 0.625. The first-order chi connectivity index (χ1) is 8.72. The van der Waals surface area contributed by atoms with Crippen molar-refractivity contribution in [2.24, 2.45) is 0 Å². The number of benzene rings is 1. The van der Waals surface area contributed by atoms with Crippen LogP contribution in [-0.4, -0.2) is 19.7 Å². The van der Waals surface area contributed by atoms with Gasteiger partial charge in [0, 0.05) is 0 Å². The Kier molecular flexibility index (Phi) is 7.51. The van der Waals surface area contributed by atoms with E-state index in [-0.39, 0.29) is 0 Å². The summed E-state index contributed by atoms with van der Waals surface area (Å²) in [4.78, 5) is 0. The summed E-state index contributed by atoms with van der Waals surface area (Å²) in [5.74, 6) is 1.01. The van der Waals surface area contributed by atoms with Crippen LogP contribution in [0.4, 0.5) is 0 Å². The largest absolute Gasteiger partial charge is 0.494 e. The molecule has 0 atom stereocenters. The van der Waals surface area contributed by atoms with Gasteiger partial charge >= 0.3 is 0 Å². The van der Waals surface area contributed by atoms with Crippen molar-refractivity contribution in [1.82, 2.24) is 5.32 Å². The highest BCUT2D eigenvalue weighted by Gasteiger charge is 1.97. The lowest BCUT2D eigenvalue weighted by Crippen LogP contribution is -2.15. The smallest absolute Gasteiger partial charge is 0.119 e. The van der Waals surface area contributed by atoms with E-state index in [1.807, 2.05) is 0 Å². The fourth-order valence-corrected chi connectivity index (χ4v) is 2.04.